The van der Waals surface area contributed by atoms with Crippen LogP contribution in [0.25, 0.3) is 0 Å². The first-order valence-corrected chi connectivity index (χ1v) is 8.41. The molecule has 19 heavy (non-hydrogen) atoms. The summed E-state index contributed by atoms with van der Waals surface area (Å²) >= 11 is 0. The molecule has 2 bridgehead atoms. The maximum absolute atomic E-state index is 12.6. The Balaban J connectivity index is 1.84. The molecule has 2 fully saturated rings. The van der Waals surface area contributed by atoms with E-state index < -0.39 is 10.0 Å². The molecule has 0 aromatic heterocycles. The summed E-state index contributed by atoms with van der Waals surface area (Å²) in [6, 6.07) is 7.33. The molecule has 2 atom stereocenters. The van der Waals surface area contributed by atoms with Crippen LogP contribution in [0.1, 0.15) is 26.2 Å². The number of rotatable bonds is 4. The highest BCUT2D eigenvalue weighted by Crippen LogP contribution is 2.40. The Morgan fingerprint density at radius 3 is 2.53 bits per heavy atom. The lowest BCUT2D eigenvalue weighted by Gasteiger charge is -2.26. The average molecular weight is 280 g/mol. The van der Waals surface area contributed by atoms with Crippen LogP contribution in [0.2, 0.25) is 0 Å². The number of fused-ring (bicyclic) bond motifs is 2. The second-order valence-corrected chi connectivity index (χ2v) is 7.35. The summed E-state index contributed by atoms with van der Waals surface area (Å²) in [5.74, 6) is 0.584. The smallest absolute Gasteiger partial charge is 0.243 e. The predicted molar refractivity (Wildman–Crippen MR) is 75.6 cm³/mol. The molecule has 2 unspecified atom stereocenters. The Bertz CT molecular complexity index is 553. The van der Waals surface area contributed by atoms with Crippen molar-refractivity contribution in [2.75, 3.05) is 18.4 Å². The molecule has 1 aliphatic carbocycles. The van der Waals surface area contributed by atoms with Crippen LogP contribution in [0.5, 0.6) is 0 Å². The highest BCUT2D eigenvalue weighted by molar-refractivity contribution is 7.89. The Morgan fingerprint density at radius 2 is 2.00 bits per heavy atom. The van der Waals surface area contributed by atoms with Gasteiger partial charge >= 0.3 is 0 Å². The van der Waals surface area contributed by atoms with Crippen LogP contribution in [0.4, 0.5) is 5.69 Å². The molecule has 1 aromatic carbocycles. The van der Waals surface area contributed by atoms with Gasteiger partial charge in [-0.25, -0.2) is 8.42 Å². The summed E-state index contributed by atoms with van der Waals surface area (Å²) in [4.78, 5) is 0.418. The molecular weight excluding hydrogens is 260 g/mol. The largest absolute Gasteiger partial charge is 0.385 e. The van der Waals surface area contributed by atoms with Crippen molar-refractivity contribution >= 4 is 15.7 Å². The van der Waals surface area contributed by atoms with Gasteiger partial charge in [0.2, 0.25) is 10.0 Å². The van der Waals surface area contributed by atoms with E-state index in [1.54, 1.807) is 16.4 Å². The van der Waals surface area contributed by atoms with Crippen LogP contribution < -0.4 is 5.32 Å². The van der Waals surface area contributed by atoms with E-state index in [0.717, 1.165) is 25.1 Å². The zero-order chi connectivity index (χ0) is 13.5. The molecule has 1 aromatic rings. The molecule has 3 rings (SSSR count). The van der Waals surface area contributed by atoms with Gasteiger partial charge in [0, 0.05) is 24.8 Å². The summed E-state index contributed by atoms with van der Waals surface area (Å²) in [5, 5.41) is 3.17. The molecule has 1 heterocycles. The third-order valence-corrected chi connectivity index (χ3v) is 6.13. The van der Waals surface area contributed by atoms with Crippen molar-refractivity contribution in [3.63, 3.8) is 0 Å². The Hall–Kier alpha value is -1.07. The van der Waals surface area contributed by atoms with Gasteiger partial charge < -0.3 is 5.32 Å². The van der Waals surface area contributed by atoms with E-state index >= 15 is 0 Å². The zero-order valence-electron chi connectivity index (χ0n) is 11.2. The SMILES string of the molecule is CCNc1ccc(S(=O)(=O)N2CC3CCC2C3)cc1. The van der Waals surface area contributed by atoms with Gasteiger partial charge in [0.05, 0.1) is 4.90 Å². The third kappa shape index (κ3) is 2.25. The van der Waals surface area contributed by atoms with Crippen molar-refractivity contribution < 1.29 is 8.42 Å². The molecule has 1 saturated carbocycles. The van der Waals surface area contributed by atoms with Crippen molar-refractivity contribution in [2.24, 2.45) is 5.92 Å². The van der Waals surface area contributed by atoms with Crippen LogP contribution in [-0.4, -0.2) is 31.9 Å². The zero-order valence-corrected chi connectivity index (χ0v) is 12.0. The standard InChI is InChI=1S/C14H20N2O2S/c1-2-15-12-4-7-14(8-5-12)19(17,18)16-10-11-3-6-13(16)9-11/h4-5,7-8,11,13,15H,2-3,6,9-10H2,1H3. The third-order valence-electron chi connectivity index (χ3n) is 4.20. The number of anilines is 1. The van der Waals surface area contributed by atoms with Gasteiger partial charge in [-0.15, -0.1) is 0 Å². The minimum Gasteiger partial charge on any atom is -0.385 e. The van der Waals surface area contributed by atoms with Crippen molar-refractivity contribution in [3.05, 3.63) is 24.3 Å². The van der Waals surface area contributed by atoms with Gasteiger partial charge in [0.1, 0.15) is 0 Å². The summed E-state index contributed by atoms with van der Waals surface area (Å²) in [5.41, 5.74) is 0.962. The van der Waals surface area contributed by atoms with Crippen molar-refractivity contribution in [1.82, 2.24) is 4.31 Å². The minimum absolute atomic E-state index is 0.239. The van der Waals surface area contributed by atoms with E-state index in [4.69, 9.17) is 0 Å². The summed E-state index contributed by atoms with van der Waals surface area (Å²) in [7, 11) is -3.30. The fourth-order valence-corrected chi connectivity index (χ4v) is 5.00. The molecule has 104 valence electrons. The molecular formula is C14H20N2O2S. The van der Waals surface area contributed by atoms with Gasteiger partial charge in [-0.2, -0.15) is 4.31 Å². The second kappa shape index (κ2) is 4.80. The Labute approximate surface area is 114 Å². The van der Waals surface area contributed by atoms with E-state index in [1.807, 2.05) is 19.1 Å². The molecule has 4 nitrogen and oxygen atoms in total. The first kappa shape index (κ1) is 12.9. The summed E-state index contributed by atoms with van der Waals surface area (Å²) < 4.78 is 26.9. The number of benzene rings is 1. The lowest BCUT2D eigenvalue weighted by molar-refractivity contribution is 0.333. The minimum atomic E-state index is -3.30. The number of piperidine rings is 1. The topological polar surface area (TPSA) is 49.4 Å². The van der Waals surface area contributed by atoms with Crippen LogP contribution in [0.3, 0.4) is 0 Å². The number of sulfonamides is 1. The number of hydrogen-bond donors (Lipinski definition) is 1. The number of nitrogens with zero attached hydrogens (tertiary/aromatic N) is 1. The predicted octanol–water partition coefficient (Wildman–Crippen LogP) is 2.29. The highest BCUT2D eigenvalue weighted by Gasteiger charge is 2.44. The average Bonchev–Trinajstić information content (AvgIpc) is 3.02. The van der Waals surface area contributed by atoms with E-state index in [-0.39, 0.29) is 6.04 Å². The number of hydrogen-bond acceptors (Lipinski definition) is 3. The molecule has 0 radical (unpaired) electrons. The lowest BCUT2D eigenvalue weighted by atomic mass is 10.1. The molecule has 0 amide bonds. The van der Waals surface area contributed by atoms with Crippen molar-refractivity contribution in [2.45, 2.75) is 37.1 Å². The fourth-order valence-electron chi connectivity index (χ4n) is 3.26. The summed E-state index contributed by atoms with van der Waals surface area (Å²) in [6.07, 6.45) is 3.27. The molecule has 1 N–H and O–H groups in total. The van der Waals surface area contributed by atoms with E-state index in [9.17, 15) is 8.42 Å². The van der Waals surface area contributed by atoms with Crippen LogP contribution in [0, 0.1) is 5.92 Å². The lowest BCUT2D eigenvalue weighted by Crippen LogP contribution is -2.37. The van der Waals surface area contributed by atoms with Gasteiger partial charge in [0.25, 0.3) is 0 Å². The second-order valence-electron chi connectivity index (χ2n) is 5.46. The fraction of sp³-hybridized carbons (Fsp3) is 0.571. The molecule has 0 spiro atoms. The maximum atomic E-state index is 12.6. The normalized spacial score (nSPS) is 26.8. The van der Waals surface area contributed by atoms with Gasteiger partial charge in [-0.1, -0.05) is 0 Å². The molecule has 5 heteroatoms. The van der Waals surface area contributed by atoms with Gasteiger partial charge in [-0.05, 0) is 56.4 Å². The quantitative estimate of drug-likeness (QED) is 0.920. The molecule has 2 aliphatic rings. The summed E-state index contributed by atoms with van der Waals surface area (Å²) in [6.45, 7) is 3.57. The molecule has 1 saturated heterocycles. The Morgan fingerprint density at radius 1 is 1.26 bits per heavy atom. The van der Waals surface area contributed by atoms with Crippen molar-refractivity contribution in [1.29, 1.82) is 0 Å². The van der Waals surface area contributed by atoms with Crippen molar-refractivity contribution in [3.8, 4) is 0 Å². The van der Waals surface area contributed by atoms with Crippen LogP contribution in [-0.2, 0) is 10.0 Å². The van der Waals surface area contributed by atoms with Gasteiger partial charge in [0.15, 0.2) is 0 Å². The number of nitrogens with one attached hydrogen (secondary N) is 1. The highest BCUT2D eigenvalue weighted by atomic mass is 32.2. The van der Waals surface area contributed by atoms with Crippen LogP contribution >= 0.6 is 0 Å². The first-order chi connectivity index (χ1) is 9.11. The van der Waals surface area contributed by atoms with Gasteiger partial charge in [-0.3, -0.25) is 0 Å². The molecule has 1 aliphatic heterocycles. The maximum Gasteiger partial charge on any atom is 0.243 e. The first-order valence-electron chi connectivity index (χ1n) is 6.97. The Kier molecular flexibility index (Phi) is 3.27. The van der Waals surface area contributed by atoms with E-state index in [1.165, 1.54) is 6.42 Å². The van der Waals surface area contributed by atoms with Crippen LogP contribution in [0.15, 0.2) is 29.2 Å². The van der Waals surface area contributed by atoms with E-state index in [2.05, 4.69) is 5.32 Å². The monoisotopic (exact) mass is 280 g/mol. The van der Waals surface area contributed by atoms with E-state index in [0.29, 0.717) is 17.4 Å².